The first-order valence-corrected chi connectivity index (χ1v) is 8.95. The number of hydrogen-bond donors (Lipinski definition) is 2. The molecule has 1 aliphatic carbocycles. The molecule has 0 radical (unpaired) electrons. The Hall–Kier alpha value is -3.51. The topological polar surface area (TPSA) is 87.8 Å². The molecule has 0 saturated carbocycles. The van der Waals surface area contributed by atoms with Crippen LogP contribution in [0.2, 0.25) is 0 Å². The normalized spacial score (nSPS) is 25.0. The predicted octanol–water partition coefficient (Wildman–Crippen LogP) is 3.24. The molecule has 28 heavy (non-hydrogen) atoms. The summed E-state index contributed by atoms with van der Waals surface area (Å²) in [5.41, 5.74) is 0.611. The third-order valence-electron chi connectivity index (χ3n) is 4.96. The highest BCUT2D eigenvalue weighted by Gasteiger charge is 2.30. The molecule has 0 amide bonds. The number of aliphatic hydroxyl groups is 1. The van der Waals surface area contributed by atoms with Crippen LogP contribution in [-0.4, -0.2) is 28.4 Å². The summed E-state index contributed by atoms with van der Waals surface area (Å²) in [4.78, 5) is 15.1. The van der Waals surface area contributed by atoms with Crippen molar-refractivity contribution in [1.82, 2.24) is 5.32 Å². The summed E-state index contributed by atoms with van der Waals surface area (Å²) in [6, 6.07) is 14.3. The first kappa shape index (κ1) is 17.9. The second-order valence-corrected chi connectivity index (χ2v) is 6.77. The summed E-state index contributed by atoms with van der Waals surface area (Å²) in [6.07, 6.45) is 10.8. The van der Waals surface area contributed by atoms with E-state index >= 15 is 0 Å². The molecule has 0 fully saturated rings. The van der Waals surface area contributed by atoms with Crippen molar-refractivity contribution in [3.8, 4) is 0 Å². The van der Waals surface area contributed by atoms with Gasteiger partial charge >= 0.3 is 0 Å². The third kappa shape index (κ3) is 3.37. The van der Waals surface area contributed by atoms with Crippen LogP contribution in [-0.2, 0) is 5.54 Å². The number of aliphatic imine (C=N–C) groups is 1. The number of rotatable bonds is 4. The smallest absolute Gasteiger partial charge is 0.271 e. The molecule has 2 aromatic carbocycles. The van der Waals surface area contributed by atoms with Gasteiger partial charge < -0.3 is 10.4 Å². The van der Waals surface area contributed by atoms with E-state index in [0.717, 1.165) is 16.3 Å². The summed E-state index contributed by atoms with van der Waals surface area (Å²) in [6.45, 7) is 0.286. The lowest BCUT2D eigenvalue weighted by atomic mass is 9.86. The minimum atomic E-state index is -0.958. The lowest BCUT2D eigenvalue weighted by molar-refractivity contribution is -0.419. The number of hydrogen-bond acceptors (Lipinski definition) is 5. The van der Waals surface area contributed by atoms with Crippen LogP contribution in [0.3, 0.4) is 0 Å². The maximum atomic E-state index is 11.0. The van der Waals surface area contributed by atoms with E-state index in [2.05, 4.69) is 40.6 Å². The molecule has 4 rings (SSSR count). The van der Waals surface area contributed by atoms with Gasteiger partial charge in [-0.2, -0.15) is 0 Å². The Kier molecular flexibility index (Phi) is 4.63. The third-order valence-corrected chi connectivity index (χ3v) is 4.96. The van der Waals surface area contributed by atoms with Crippen LogP contribution in [0.1, 0.15) is 5.56 Å². The van der Waals surface area contributed by atoms with Gasteiger partial charge in [0.15, 0.2) is 0 Å². The van der Waals surface area contributed by atoms with E-state index < -0.39 is 16.6 Å². The Bertz CT molecular complexity index is 1080. The minimum Gasteiger partial charge on any atom is -0.383 e. The molecule has 0 saturated heterocycles. The number of benzene rings is 2. The summed E-state index contributed by atoms with van der Waals surface area (Å²) in [5.74, 6) is 0. The zero-order valence-electron chi connectivity index (χ0n) is 15.0. The first-order chi connectivity index (χ1) is 13.6. The molecule has 1 heterocycles. The van der Waals surface area contributed by atoms with Crippen LogP contribution in [0.4, 0.5) is 0 Å². The summed E-state index contributed by atoms with van der Waals surface area (Å²) in [5, 5.41) is 26.8. The van der Waals surface area contributed by atoms with E-state index in [1.807, 2.05) is 36.6 Å². The highest BCUT2D eigenvalue weighted by Crippen LogP contribution is 2.29. The van der Waals surface area contributed by atoms with Gasteiger partial charge in [0.1, 0.15) is 11.6 Å². The molecule has 0 aromatic heterocycles. The quantitative estimate of drug-likeness (QED) is 0.636. The van der Waals surface area contributed by atoms with E-state index in [-0.39, 0.29) is 18.0 Å². The molecule has 2 aromatic rings. The Morgan fingerprint density at radius 1 is 1.18 bits per heavy atom. The van der Waals surface area contributed by atoms with Crippen molar-refractivity contribution in [2.24, 2.45) is 4.99 Å². The van der Waals surface area contributed by atoms with Crippen molar-refractivity contribution in [3.05, 3.63) is 106 Å². The van der Waals surface area contributed by atoms with E-state index in [1.165, 1.54) is 18.2 Å². The molecule has 0 spiro atoms. The van der Waals surface area contributed by atoms with Crippen molar-refractivity contribution in [2.75, 3.05) is 6.54 Å². The highest BCUT2D eigenvalue weighted by atomic mass is 16.6. The van der Waals surface area contributed by atoms with Crippen LogP contribution < -0.4 is 5.32 Å². The van der Waals surface area contributed by atoms with Gasteiger partial charge in [-0.05, 0) is 40.8 Å². The van der Waals surface area contributed by atoms with Gasteiger partial charge in [-0.15, -0.1) is 0 Å². The van der Waals surface area contributed by atoms with E-state index in [1.54, 1.807) is 0 Å². The monoisotopic (exact) mass is 373 g/mol. The second kappa shape index (κ2) is 7.25. The zero-order valence-corrected chi connectivity index (χ0v) is 15.0. The number of nitro groups is 1. The SMILES string of the molecule is O=[N+]([O-])C1=C/C(=N\CC2(c3ccc4ccccc4c3)C=CC=CN2)C(O)C=C1. The molecule has 6 nitrogen and oxygen atoms in total. The summed E-state index contributed by atoms with van der Waals surface area (Å²) < 4.78 is 0. The minimum absolute atomic E-state index is 0.0872. The number of aliphatic hydroxyl groups excluding tert-OH is 1. The fraction of sp³-hybridized carbons (Fsp3) is 0.136. The summed E-state index contributed by atoms with van der Waals surface area (Å²) >= 11 is 0. The molecule has 1 aliphatic heterocycles. The standard InChI is InChI=1S/C22H19N3O3/c26-21-10-9-19(25(27)28)14-20(21)23-15-22(11-3-4-12-24-22)18-8-7-16-5-1-2-6-17(16)13-18/h1-14,21,24,26H,15H2/b23-20+. The fourth-order valence-electron chi connectivity index (χ4n) is 3.40. The highest BCUT2D eigenvalue weighted by molar-refractivity contribution is 6.01. The van der Waals surface area contributed by atoms with Crippen molar-refractivity contribution in [3.63, 3.8) is 0 Å². The Balaban J connectivity index is 1.72. The van der Waals surface area contributed by atoms with Crippen molar-refractivity contribution >= 4 is 16.5 Å². The molecule has 6 heteroatoms. The van der Waals surface area contributed by atoms with Crippen LogP contribution in [0.25, 0.3) is 10.8 Å². The summed E-state index contributed by atoms with van der Waals surface area (Å²) in [7, 11) is 0. The van der Waals surface area contributed by atoms with Gasteiger partial charge in [0.25, 0.3) is 5.70 Å². The van der Waals surface area contributed by atoms with E-state index in [4.69, 9.17) is 0 Å². The number of dihydropyridines is 1. The fourth-order valence-corrected chi connectivity index (χ4v) is 3.40. The maximum Gasteiger partial charge on any atom is 0.271 e. The molecule has 2 aliphatic rings. The molecule has 2 atom stereocenters. The van der Waals surface area contributed by atoms with Crippen LogP contribution >= 0.6 is 0 Å². The number of fused-ring (bicyclic) bond motifs is 1. The molecule has 140 valence electrons. The Morgan fingerprint density at radius 2 is 2.00 bits per heavy atom. The number of nitrogens with zero attached hydrogens (tertiary/aromatic N) is 2. The second-order valence-electron chi connectivity index (χ2n) is 6.77. The first-order valence-electron chi connectivity index (χ1n) is 8.95. The average Bonchev–Trinajstić information content (AvgIpc) is 2.73. The lowest BCUT2D eigenvalue weighted by Gasteiger charge is -2.33. The number of nitrogens with one attached hydrogen (secondary N) is 1. The van der Waals surface area contributed by atoms with Crippen LogP contribution in [0.5, 0.6) is 0 Å². The van der Waals surface area contributed by atoms with Crippen LogP contribution in [0, 0.1) is 10.1 Å². The van der Waals surface area contributed by atoms with Gasteiger partial charge in [0, 0.05) is 12.2 Å². The van der Waals surface area contributed by atoms with Gasteiger partial charge in [0.05, 0.1) is 17.2 Å². The van der Waals surface area contributed by atoms with Gasteiger partial charge in [-0.25, -0.2) is 0 Å². The molecular formula is C22H19N3O3. The molecule has 2 unspecified atom stereocenters. The van der Waals surface area contributed by atoms with Gasteiger partial charge in [0.2, 0.25) is 0 Å². The number of allylic oxidation sites excluding steroid dienone is 3. The predicted molar refractivity (Wildman–Crippen MR) is 110 cm³/mol. The van der Waals surface area contributed by atoms with E-state index in [9.17, 15) is 15.2 Å². The zero-order chi connectivity index (χ0) is 19.6. The van der Waals surface area contributed by atoms with Crippen LogP contribution in [0.15, 0.2) is 95.8 Å². The van der Waals surface area contributed by atoms with Crippen molar-refractivity contribution in [1.29, 1.82) is 0 Å². The molecule has 0 bridgehead atoms. The lowest BCUT2D eigenvalue weighted by Crippen LogP contribution is -2.42. The Morgan fingerprint density at radius 3 is 2.75 bits per heavy atom. The molecular weight excluding hydrogens is 354 g/mol. The van der Waals surface area contributed by atoms with Gasteiger partial charge in [-0.1, -0.05) is 48.6 Å². The largest absolute Gasteiger partial charge is 0.383 e. The van der Waals surface area contributed by atoms with Gasteiger partial charge in [-0.3, -0.25) is 15.1 Å². The van der Waals surface area contributed by atoms with Crippen molar-refractivity contribution in [2.45, 2.75) is 11.6 Å². The average molecular weight is 373 g/mol. The maximum absolute atomic E-state index is 11.0. The van der Waals surface area contributed by atoms with E-state index in [0.29, 0.717) is 0 Å². The molecule has 2 N–H and O–H groups in total. The Labute approximate surface area is 162 Å². The van der Waals surface area contributed by atoms with Crippen molar-refractivity contribution < 1.29 is 10.0 Å².